The van der Waals surface area contributed by atoms with E-state index in [1.54, 1.807) is 0 Å². The molecule has 3 heteroatoms. The van der Waals surface area contributed by atoms with Gasteiger partial charge in [0.15, 0.2) is 0 Å². The van der Waals surface area contributed by atoms with Crippen molar-refractivity contribution in [3.8, 4) is 0 Å². The molecule has 0 saturated heterocycles. The average Bonchev–Trinajstić information content (AvgIpc) is 2.82. The molecule has 0 N–H and O–H groups in total. The second-order valence-electron chi connectivity index (χ2n) is 3.51. The van der Waals surface area contributed by atoms with Crippen LogP contribution in [-0.4, -0.2) is 23.9 Å². The smallest absolute Gasteiger partial charge is 0.254 e. The molecule has 1 heterocycles. The van der Waals surface area contributed by atoms with Gasteiger partial charge in [-0.15, -0.1) is 0 Å². The number of halogens is 1. The fraction of sp³-hybridized carbons (Fsp3) is 0.250. The first-order valence-electron chi connectivity index (χ1n) is 4.90. The van der Waals surface area contributed by atoms with Crippen molar-refractivity contribution >= 4 is 21.8 Å². The van der Waals surface area contributed by atoms with Gasteiger partial charge in [0.05, 0.1) is 0 Å². The highest BCUT2D eigenvalue weighted by atomic mass is 79.9. The van der Waals surface area contributed by atoms with Crippen LogP contribution in [0.4, 0.5) is 0 Å². The maximum Gasteiger partial charge on any atom is 0.254 e. The predicted octanol–water partition coefficient (Wildman–Crippen LogP) is 2.59. The van der Waals surface area contributed by atoms with E-state index >= 15 is 0 Å². The highest BCUT2D eigenvalue weighted by Gasteiger charge is 2.15. The number of hydrogen-bond donors (Lipinski definition) is 0. The Morgan fingerprint density at radius 3 is 2.33 bits per heavy atom. The van der Waals surface area contributed by atoms with Crippen molar-refractivity contribution in [2.24, 2.45) is 0 Å². The summed E-state index contributed by atoms with van der Waals surface area (Å²) in [6.45, 7) is 1.47. The zero-order chi connectivity index (χ0) is 10.7. The van der Waals surface area contributed by atoms with Gasteiger partial charge in [0.1, 0.15) is 0 Å². The molecule has 0 spiro atoms. The normalized spacial score (nSPS) is 14.6. The number of carbonyl (C=O) groups excluding carboxylic acids is 1. The Kier molecular flexibility index (Phi) is 3.21. The summed E-state index contributed by atoms with van der Waals surface area (Å²) in [4.78, 5) is 13.7. The van der Waals surface area contributed by atoms with Crippen molar-refractivity contribution < 1.29 is 4.79 Å². The third kappa shape index (κ3) is 2.29. The van der Waals surface area contributed by atoms with Crippen LogP contribution in [-0.2, 0) is 5.33 Å². The Morgan fingerprint density at radius 1 is 1.20 bits per heavy atom. The Hall–Kier alpha value is -1.09. The zero-order valence-corrected chi connectivity index (χ0v) is 9.90. The van der Waals surface area contributed by atoms with E-state index in [0.717, 1.165) is 24.0 Å². The maximum absolute atomic E-state index is 11.9. The van der Waals surface area contributed by atoms with Gasteiger partial charge < -0.3 is 4.90 Å². The summed E-state index contributed by atoms with van der Waals surface area (Å²) in [6.07, 6.45) is 4.04. The quantitative estimate of drug-likeness (QED) is 0.595. The Morgan fingerprint density at radius 2 is 1.80 bits per heavy atom. The van der Waals surface area contributed by atoms with Gasteiger partial charge in [-0.3, -0.25) is 4.79 Å². The largest absolute Gasteiger partial charge is 0.331 e. The van der Waals surface area contributed by atoms with E-state index in [2.05, 4.69) is 15.9 Å². The van der Waals surface area contributed by atoms with Crippen LogP contribution in [0.2, 0.25) is 0 Å². The van der Waals surface area contributed by atoms with E-state index in [1.165, 1.54) is 5.56 Å². The molecule has 2 nitrogen and oxygen atoms in total. The molecule has 2 rings (SSSR count). The van der Waals surface area contributed by atoms with Gasteiger partial charge in [0.2, 0.25) is 0 Å². The SMILES string of the molecule is O=C(c1ccc(CBr)cc1)N1CC=CC1. The molecule has 0 aromatic heterocycles. The van der Waals surface area contributed by atoms with Crippen LogP contribution in [0.3, 0.4) is 0 Å². The highest BCUT2D eigenvalue weighted by Crippen LogP contribution is 2.11. The Bertz CT molecular complexity index is 375. The van der Waals surface area contributed by atoms with Crippen molar-refractivity contribution in [1.82, 2.24) is 4.90 Å². The fourth-order valence-corrected chi connectivity index (χ4v) is 1.94. The molecule has 0 radical (unpaired) electrons. The number of carbonyl (C=O) groups is 1. The van der Waals surface area contributed by atoms with Crippen LogP contribution < -0.4 is 0 Å². The minimum atomic E-state index is 0.112. The Labute approximate surface area is 97.7 Å². The first kappa shape index (κ1) is 10.4. The monoisotopic (exact) mass is 265 g/mol. The second-order valence-corrected chi connectivity index (χ2v) is 4.07. The van der Waals surface area contributed by atoms with Gasteiger partial charge >= 0.3 is 0 Å². The molecule has 0 unspecified atom stereocenters. The van der Waals surface area contributed by atoms with Crippen molar-refractivity contribution in [3.05, 3.63) is 47.5 Å². The molecule has 0 atom stereocenters. The summed E-state index contributed by atoms with van der Waals surface area (Å²) in [5, 5.41) is 0.826. The lowest BCUT2D eigenvalue weighted by Gasteiger charge is -2.15. The van der Waals surface area contributed by atoms with E-state index in [1.807, 2.05) is 41.3 Å². The molecule has 1 aliphatic rings. The molecule has 0 fully saturated rings. The van der Waals surface area contributed by atoms with Gasteiger partial charge in [0.25, 0.3) is 5.91 Å². The van der Waals surface area contributed by atoms with Crippen molar-refractivity contribution in [1.29, 1.82) is 0 Å². The van der Waals surface area contributed by atoms with Crippen molar-refractivity contribution in [3.63, 3.8) is 0 Å². The lowest BCUT2D eigenvalue weighted by Crippen LogP contribution is -2.28. The van der Waals surface area contributed by atoms with Crippen LogP contribution in [0.1, 0.15) is 15.9 Å². The molecule has 1 aliphatic heterocycles. The number of rotatable bonds is 2. The summed E-state index contributed by atoms with van der Waals surface area (Å²) in [5.41, 5.74) is 1.95. The van der Waals surface area contributed by atoms with Crippen molar-refractivity contribution in [2.75, 3.05) is 13.1 Å². The first-order chi connectivity index (χ1) is 7.31. The standard InChI is InChI=1S/C12H12BrNO/c13-9-10-3-5-11(6-4-10)12(15)14-7-1-2-8-14/h1-6H,7-9H2. The minimum Gasteiger partial charge on any atom is -0.331 e. The van der Waals surface area contributed by atoms with Gasteiger partial charge in [0, 0.05) is 24.0 Å². The molecular weight excluding hydrogens is 254 g/mol. The van der Waals surface area contributed by atoms with Crippen molar-refractivity contribution in [2.45, 2.75) is 5.33 Å². The van der Waals surface area contributed by atoms with Gasteiger partial charge in [-0.25, -0.2) is 0 Å². The molecule has 0 aliphatic carbocycles. The first-order valence-corrected chi connectivity index (χ1v) is 6.02. The van der Waals surface area contributed by atoms with E-state index in [9.17, 15) is 4.79 Å². The number of amides is 1. The number of nitrogens with zero attached hydrogens (tertiary/aromatic N) is 1. The van der Waals surface area contributed by atoms with Gasteiger partial charge in [-0.2, -0.15) is 0 Å². The average molecular weight is 266 g/mol. The van der Waals surface area contributed by atoms with E-state index < -0.39 is 0 Å². The van der Waals surface area contributed by atoms with Crippen LogP contribution in [0.5, 0.6) is 0 Å². The molecule has 1 amide bonds. The summed E-state index contributed by atoms with van der Waals surface area (Å²) < 4.78 is 0. The van der Waals surface area contributed by atoms with E-state index in [0.29, 0.717) is 0 Å². The van der Waals surface area contributed by atoms with Crippen LogP contribution >= 0.6 is 15.9 Å². The fourth-order valence-electron chi connectivity index (χ4n) is 1.56. The minimum absolute atomic E-state index is 0.112. The number of alkyl halides is 1. The Balaban J connectivity index is 2.11. The second kappa shape index (κ2) is 4.62. The molecule has 1 aromatic carbocycles. The van der Waals surface area contributed by atoms with Gasteiger partial charge in [-0.1, -0.05) is 40.2 Å². The predicted molar refractivity (Wildman–Crippen MR) is 64.1 cm³/mol. The summed E-state index contributed by atoms with van der Waals surface area (Å²) in [7, 11) is 0. The topological polar surface area (TPSA) is 20.3 Å². The highest BCUT2D eigenvalue weighted by molar-refractivity contribution is 9.08. The van der Waals surface area contributed by atoms with Gasteiger partial charge in [-0.05, 0) is 17.7 Å². The van der Waals surface area contributed by atoms with E-state index in [4.69, 9.17) is 0 Å². The lowest BCUT2D eigenvalue weighted by atomic mass is 10.1. The molecule has 0 bridgehead atoms. The molecule has 1 aromatic rings. The molecule has 0 saturated carbocycles. The van der Waals surface area contributed by atoms with Crippen LogP contribution in [0, 0.1) is 0 Å². The zero-order valence-electron chi connectivity index (χ0n) is 8.32. The molecule has 78 valence electrons. The van der Waals surface area contributed by atoms with E-state index in [-0.39, 0.29) is 5.91 Å². The summed E-state index contributed by atoms with van der Waals surface area (Å²) in [5.74, 6) is 0.112. The molecule has 15 heavy (non-hydrogen) atoms. The number of hydrogen-bond acceptors (Lipinski definition) is 1. The summed E-state index contributed by atoms with van der Waals surface area (Å²) >= 11 is 3.38. The molecular formula is C12H12BrNO. The number of benzene rings is 1. The third-order valence-corrected chi connectivity index (χ3v) is 3.11. The van der Waals surface area contributed by atoms with Crippen LogP contribution in [0.25, 0.3) is 0 Å². The third-order valence-electron chi connectivity index (χ3n) is 2.46. The maximum atomic E-state index is 11.9. The lowest BCUT2D eigenvalue weighted by molar-refractivity contribution is 0.0800. The van der Waals surface area contributed by atoms with Crippen LogP contribution in [0.15, 0.2) is 36.4 Å². The summed E-state index contributed by atoms with van der Waals surface area (Å²) in [6, 6.07) is 7.73.